The summed E-state index contributed by atoms with van der Waals surface area (Å²) < 4.78 is 1.87. The number of alkyl halides is 1. The Bertz CT molecular complexity index is 350. The molecule has 0 unspecified atom stereocenters. The first-order valence-electron chi connectivity index (χ1n) is 4.90. The van der Waals surface area contributed by atoms with Crippen molar-refractivity contribution >= 4 is 60.7 Å². The van der Waals surface area contributed by atoms with E-state index < -0.39 is 0 Å². The first-order chi connectivity index (χ1) is 7.60. The highest BCUT2D eigenvalue weighted by Crippen LogP contribution is 2.32. The Labute approximate surface area is 121 Å². The van der Waals surface area contributed by atoms with Gasteiger partial charge in [0.2, 0.25) is 0 Å². The highest BCUT2D eigenvalue weighted by molar-refractivity contribution is 9.13. The van der Waals surface area contributed by atoms with Gasteiger partial charge in [-0.1, -0.05) is 0 Å². The van der Waals surface area contributed by atoms with Gasteiger partial charge in [-0.2, -0.15) is 0 Å². The molecule has 1 aromatic heterocycles. The van der Waals surface area contributed by atoms with Crippen molar-refractivity contribution in [3.05, 3.63) is 19.2 Å². The highest BCUT2D eigenvalue weighted by Gasteiger charge is 2.17. The van der Waals surface area contributed by atoms with Gasteiger partial charge in [-0.15, -0.1) is 22.9 Å². The van der Waals surface area contributed by atoms with Gasteiger partial charge in [0.25, 0.3) is 5.91 Å². The van der Waals surface area contributed by atoms with Crippen LogP contribution >= 0.6 is 54.8 Å². The van der Waals surface area contributed by atoms with Crippen molar-refractivity contribution in [3.8, 4) is 0 Å². The van der Waals surface area contributed by atoms with Gasteiger partial charge in [0.05, 0.1) is 8.66 Å². The number of rotatable bonds is 5. The van der Waals surface area contributed by atoms with Gasteiger partial charge in [-0.05, 0) is 51.3 Å². The van der Waals surface area contributed by atoms with Crippen LogP contribution in [0.5, 0.6) is 0 Å². The van der Waals surface area contributed by atoms with Gasteiger partial charge in [-0.25, -0.2) is 0 Å². The summed E-state index contributed by atoms with van der Waals surface area (Å²) in [6.45, 7) is 3.40. The van der Waals surface area contributed by atoms with E-state index in [4.69, 9.17) is 11.6 Å². The molecule has 0 saturated carbocycles. The fraction of sp³-hybridized carbons (Fsp3) is 0.500. The van der Waals surface area contributed by atoms with E-state index in [2.05, 4.69) is 31.9 Å². The lowest BCUT2D eigenvalue weighted by Crippen LogP contribution is -2.31. The van der Waals surface area contributed by atoms with Crippen LogP contribution in [-0.4, -0.2) is 29.8 Å². The Kier molecular flexibility index (Phi) is 6.32. The summed E-state index contributed by atoms with van der Waals surface area (Å²) in [5.74, 6) is 0.658. The van der Waals surface area contributed by atoms with Gasteiger partial charge in [0.1, 0.15) is 0 Å². The molecule has 6 heteroatoms. The lowest BCUT2D eigenvalue weighted by molar-refractivity contribution is 0.0769. The molecule has 0 spiro atoms. The van der Waals surface area contributed by atoms with Crippen LogP contribution in [0, 0.1) is 0 Å². The van der Waals surface area contributed by atoms with Crippen LogP contribution in [0.25, 0.3) is 0 Å². The molecule has 2 nitrogen and oxygen atoms in total. The summed E-state index contributed by atoms with van der Waals surface area (Å²) in [5.41, 5.74) is 0. The van der Waals surface area contributed by atoms with Crippen molar-refractivity contribution in [1.82, 2.24) is 4.90 Å². The van der Waals surface area contributed by atoms with E-state index in [9.17, 15) is 4.79 Å². The molecule has 16 heavy (non-hydrogen) atoms. The molecular weight excluding hydrogens is 377 g/mol. The molecule has 1 amide bonds. The number of halogens is 3. The molecule has 0 atom stereocenters. The van der Waals surface area contributed by atoms with E-state index in [1.807, 2.05) is 17.9 Å². The summed E-state index contributed by atoms with van der Waals surface area (Å²) in [5, 5.41) is 0. The van der Waals surface area contributed by atoms with Gasteiger partial charge in [0.15, 0.2) is 0 Å². The maximum absolute atomic E-state index is 12.1. The SMILES string of the molecule is CCN(CCCCl)C(=O)c1cc(Br)c(Br)s1. The van der Waals surface area contributed by atoms with Crippen LogP contribution < -0.4 is 0 Å². The van der Waals surface area contributed by atoms with Crippen molar-refractivity contribution in [2.75, 3.05) is 19.0 Å². The third-order valence-corrected chi connectivity index (χ3v) is 5.60. The van der Waals surface area contributed by atoms with Crippen LogP contribution in [-0.2, 0) is 0 Å². The first kappa shape index (κ1) is 14.5. The zero-order valence-corrected chi connectivity index (χ0v) is 13.5. The molecular formula is C10H12Br2ClNOS. The van der Waals surface area contributed by atoms with E-state index in [1.54, 1.807) is 0 Å². The van der Waals surface area contributed by atoms with Crippen LogP contribution in [0.4, 0.5) is 0 Å². The van der Waals surface area contributed by atoms with E-state index >= 15 is 0 Å². The maximum atomic E-state index is 12.1. The normalized spacial score (nSPS) is 10.5. The van der Waals surface area contributed by atoms with E-state index in [1.165, 1.54) is 11.3 Å². The minimum atomic E-state index is 0.0732. The summed E-state index contributed by atoms with van der Waals surface area (Å²) >= 11 is 13.8. The number of hydrogen-bond donors (Lipinski definition) is 0. The number of hydrogen-bond acceptors (Lipinski definition) is 2. The number of thiophene rings is 1. The number of carbonyl (C=O) groups is 1. The van der Waals surface area contributed by atoms with Gasteiger partial charge < -0.3 is 4.90 Å². The number of carbonyl (C=O) groups excluding carboxylic acids is 1. The second kappa shape index (κ2) is 6.99. The Hall–Kier alpha value is 0.420. The lowest BCUT2D eigenvalue weighted by atomic mass is 10.3. The molecule has 0 saturated heterocycles. The standard InChI is InChI=1S/C10H12Br2ClNOS/c1-2-14(5-3-4-13)10(15)8-6-7(11)9(12)16-8/h6H,2-5H2,1H3. The summed E-state index contributed by atoms with van der Waals surface area (Å²) in [4.78, 5) is 14.7. The Morgan fingerprint density at radius 3 is 2.69 bits per heavy atom. The second-order valence-electron chi connectivity index (χ2n) is 3.16. The van der Waals surface area contributed by atoms with Crippen molar-refractivity contribution in [2.45, 2.75) is 13.3 Å². The molecule has 0 fully saturated rings. The number of nitrogens with zero attached hydrogens (tertiary/aromatic N) is 1. The van der Waals surface area contributed by atoms with E-state index in [0.29, 0.717) is 19.0 Å². The van der Waals surface area contributed by atoms with Crippen molar-refractivity contribution < 1.29 is 4.79 Å². The first-order valence-corrected chi connectivity index (χ1v) is 7.84. The largest absolute Gasteiger partial charge is 0.338 e. The summed E-state index contributed by atoms with van der Waals surface area (Å²) in [6.07, 6.45) is 0.828. The topological polar surface area (TPSA) is 20.3 Å². The molecule has 0 aliphatic carbocycles. The zero-order valence-electron chi connectivity index (χ0n) is 8.80. The Morgan fingerprint density at radius 1 is 1.56 bits per heavy atom. The molecule has 1 heterocycles. The minimum Gasteiger partial charge on any atom is -0.338 e. The maximum Gasteiger partial charge on any atom is 0.263 e. The van der Waals surface area contributed by atoms with Crippen molar-refractivity contribution in [1.29, 1.82) is 0 Å². The lowest BCUT2D eigenvalue weighted by Gasteiger charge is -2.19. The molecule has 0 aliphatic rings. The fourth-order valence-corrected chi connectivity index (χ4v) is 3.38. The predicted molar refractivity (Wildman–Crippen MR) is 76.6 cm³/mol. The van der Waals surface area contributed by atoms with E-state index in [-0.39, 0.29) is 5.91 Å². The third kappa shape index (κ3) is 3.72. The molecule has 1 rings (SSSR count). The summed E-state index contributed by atoms with van der Waals surface area (Å²) in [7, 11) is 0. The van der Waals surface area contributed by atoms with Crippen LogP contribution in [0.3, 0.4) is 0 Å². The Morgan fingerprint density at radius 2 is 2.25 bits per heavy atom. The molecule has 0 aromatic carbocycles. The fourth-order valence-electron chi connectivity index (χ4n) is 1.26. The van der Waals surface area contributed by atoms with Gasteiger partial charge >= 0.3 is 0 Å². The monoisotopic (exact) mass is 387 g/mol. The van der Waals surface area contributed by atoms with Crippen molar-refractivity contribution in [3.63, 3.8) is 0 Å². The molecule has 0 aliphatic heterocycles. The van der Waals surface area contributed by atoms with Crippen LogP contribution in [0.15, 0.2) is 14.3 Å². The molecule has 0 radical (unpaired) electrons. The zero-order chi connectivity index (χ0) is 12.1. The molecule has 90 valence electrons. The molecule has 0 bridgehead atoms. The quantitative estimate of drug-likeness (QED) is 0.685. The van der Waals surface area contributed by atoms with Gasteiger partial charge in [-0.3, -0.25) is 4.79 Å². The summed E-state index contributed by atoms with van der Waals surface area (Å²) in [6, 6.07) is 1.85. The van der Waals surface area contributed by atoms with Crippen LogP contribution in [0.1, 0.15) is 23.0 Å². The number of amides is 1. The Balaban J connectivity index is 2.74. The average molecular weight is 390 g/mol. The van der Waals surface area contributed by atoms with Crippen molar-refractivity contribution in [2.24, 2.45) is 0 Å². The smallest absolute Gasteiger partial charge is 0.263 e. The highest BCUT2D eigenvalue weighted by atomic mass is 79.9. The molecule has 0 N–H and O–H groups in total. The average Bonchev–Trinajstić information content (AvgIpc) is 2.60. The second-order valence-corrected chi connectivity index (χ2v) is 6.76. The van der Waals surface area contributed by atoms with Crippen LogP contribution in [0.2, 0.25) is 0 Å². The predicted octanol–water partition coefficient (Wildman–Crippen LogP) is 4.36. The van der Waals surface area contributed by atoms with Gasteiger partial charge in [0, 0.05) is 23.4 Å². The van der Waals surface area contributed by atoms with E-state index in [0.717, 1.165) is 19.6 Å². The molecule has 1 aromatic rings. The third-order valence-electron chi connectivity index (χ3n) is 2.09. The minimum absolute atomic E-state index is 0.0732.